The van der Waals surface area contributed by atoms with E-state index in [1.54, 1.807) is 19.3 Å². The van der Waals surface area contributed by atoms with Gasteiger partial charge in [0.05, 0.1) is 5.56 Å². The summed E-state index contributed by atoms with van der Waals surface area (Å²) in [5, 5.41) is 0. The van der Waals surface area contributed by atoms with Gasteiger partial charge in [-0.1, -0.05) is 12.2 Å². The minimum atomic E-state index is -4.46. The van der Waals surface area contributed by atoms with Crippen molar-refractivity contribution < 1.29 is 18.0 Å². The second-order valence-electron chi connectivity index (χ2n) is 9.64. The van der Waals surface area contributed by atoms with Crippen LogP contribution < -0.4 is 9.80 Å². The molecule has 194 valence electrons. The zero-order valence-electron chi connectivity index (χ0n) is 21.0. The highest BCUT2D eigenvalue weighted by Crippen LogP contribution is 2.38. The number of alkyl halides is 3. The van der Waals surface area contributed by atoms with Gasteiger partial charge in [0.1, 0.15) is 18.2 Å². The lowest BCUT2D eigenvalue weighted by Gasteiger charge is -2.42. The highest BCUT2D eigenvalue weighted by atomic mass is 19.4. The third-order valence-electron chi connectivity index (χ3n) is 7.01. The average Bonchev–Trinajstić information content (AvgIpc) is 3.27. The lowest BCUT2D eigenvalue weighted by Crippen LogP contribution is -2.55. The zero-order chi connectivity index (χ0) is 26.3. The molecule has 3 aromatic rings. The number of benzene rings is 1. The van der Waals surface area contributed by atoms with Crippen molar-refractivity contribution >= 4 is 23.5 Å². The summed E-state index contributed by atoms with van der Waals surface area (Å²) >= 11 is 0. The number of piperazine rings is 1. The van der Waals surface area contributed by atoms with Crippen LogP contribution in [0.2, 0.25) is 0 Å². The summed E-state index contributed by atoms with van der Waals surface area (Å²) in [6.45, 7) is 6.22. The van der Waals surface area contributed by atoms with E-state index in [0.29, 0.717) is 42.3 Å². The maximum absolute atomic E-state index is 13.5. The maximum Gasteiger partial charge on any atom is 0.416 e. The number of amides is 1. The van der Waals surface area contributed by atoms with Crippen LogP contribution in [0.25, 0.3) is 17.2 Å². The van der Waals surface area contributed by atoms with Gasteiger partial charge in [-0.25, -0.2) is 9.97 Å². The number of halogens is 3. The molecule has 0 saturated carbocycles. The quantitative estimate of drug-likeness (QED) is 0.519. The first kappa shape index (κ1) is 24.9. The number of anilines is 2. The normalized spacial score (nSPS) is 17.8. The van der Waals surface area contributed by atoms with Gasteiger partial charge in [0.2, 0.25) is 5.91 Å². The fourth-order valence-electron chi connectivity index (χ4n) is 5.14. The number of carbonyl (C=O) groups excluding carboxylic acids is 1. The van der Waals surface area contributed by atoms with E-state index in [2.05, 4.69) is 27.0 Å². The van der Waals surface area contributed by atoms with Crippen molar-refractivity contribution in [3.05, 3.63) is 65.9 Å². The molecule has 0 radical (unpaired) electrons. The summed E-state index contributed by atoms with van der Waals surface area (Å²) in [4.78, 5) is 27.7. The highest BCUT2D eigenvalue weighted by Gasteiger charge is 2.33. The number of rotatable bonds is 4. The Kier molecular flexibility index (Phi) is 6.43. The molecule has 1 unspecified atom stereocenters. The first-order chi connectivity index (χ1) is 17.6. The highest BCUT2D eigenvalue weighted by molar-refractivity contribution is 5.81. The van der Waals surface area contributed by atoms with Gasteiger partial charge in [-0.05, 0) is 38.1 Å². The summed E-state index contributed by atoms with van der Waals surface area (Å²) in [5.74, 6) is 1.59. The molecule has 10 heteroatoms. The molecule has 1 fully saturated rings. The number of aryl methyl sites for hydroxylation is 1. The van der Waals surface area contributed by atoms with Gasteiger partial charge in [0, 0.05) is 80.2 Å². The van der Waals surface area contributed by atoms with E-state index in [4.69, 9.17) is 0 Å². The Morgan fingerprint density at radius 3 is 2.59 bits per heavy atom. The minimum absolute atomic E-state index is 0.0214. The third kappa shape index (κ3) is 4.92. The molecule has 2 aliphatic rings. The predicted molar refractivity (Wildman–Crippen MR) is 137 cm³/mol. The molecule has 0 spiro atoms. The molecule has 0 N–H and O–H groups in total. The predicted octanol–water partition coefficient (Wildman–Crippen LogP) is 4.47. The number of fused-ring (bicyclic) bond motifs is 1. The maximum atomic E-state index is 13.5. The van der Waals surface area contributed by atoms with Crippen LogP contribution in [0.15, 0.2) is 48.9 Å². The van der Waals surface area contributed by atoms with E-state index in [1.807, 2.05) is 40.6 Å². The lowest BCUT2D eigenvalue weighted by molar-refractivity contribution is -0.137. The molecule has 5 rings (SSSR count). The molecular weight excluding hydrogens is 481 g/mol. The van der Waals surface area contributed by atoms with Crippen molar-refractivity contribution in [2.24, 2.45) is 0 Å². The van der Waals surface area contributed by atoms with E-state index < -0.39 is 11.7 Å². The van der Waals surface area contributed by atoms with Gasteiger partial charge in [-0.15, -0.1) is 0 Å². The molecule has 0 bridgehead atoms. The summed E-state index contributed by atoms with van der Waals surface area (Å²) in [6.07, 6.45) is 4.74. The monoisotopic (exact) mass is 510 g/mol. The van der Waals surface area contributed by atoms with Crippen molar-refractivity contribution in [2.45, 2.75) is 32.6 Å². The van der Waals surface area contributed by atoms with Crippen molar-refractivity contribution in [3.63, 3.8) is 0 Å². The van der Waals surface area contributed by atoms with Gasteiger partial charge >= 0.3 is 6.18 Å². The van der Waals surface area contributed by atoms with Gasteiger partial charge in [-0.3, -0.25) is 4.79 Å². The standard InChI is InChI=1S/C27H29F3N6O/c1-18-16-34(11-12-36(18)25(37)17-35-10-8-20-5-4-9-33(3)26(20)35)24-7-6-22(27(28,29)30)13-23(24)21-14-31-19(2)32-15-21/h4-8,10,13-15,18H,9,11-12,16-17H2,1-3H3. The molecule has 1 amide bonds. The smallest absolute Gasteiger partial charge is 0.367 e. The van der Waals surface area contributed by atoms with Gasteiger partial charge < -0.3 is 19.3 Å². The van der Waals surface area contributed by atoms with Gasteiger partial charge in [0.15, 0.2) is 0 Å². The lowest BCUT2D eigenvalue weighted by atomic mass is 10.0. The Morgan fingerprint density at radius 2 is 1.89 bits per heavy atom. The molecule has 0 aliphatic carbocycles. The second-order valence-corrected chi connectivity index (χ2v) is 9.64. The van der Waals surface area contributed by atoms with Crippen molar-refractivity contribution in [3.8, 4) is 11.1 Å². The number of aromatic nitrogens is 3. The molecular formula is C27H29F3N6O. The van der Waals surface area contributed by atoms with Crippen LogP contribution in [-0.4, -0.2) is 64.6 Å². The Bertz CT molecular complexity index is 1330. The molecule has 2 aromatic heterocycles. The van der Waals surface area contributed by atoms with Crippen molar-refractivity contribution in [1.82, 2.24) is 19.4 Å². The molecule has 37 heavy (non-hydrogen) atoms. The van der Waals surface area contributed by atoms with Crippen LogP contribution in [0.5, 0.6) is 0 Å². The van der Waals surface area contributed by atoms with E-state index in [9.17, 15) is 18.0 Å². The second kappa shape index (κ2) is 9.57. The molecule has 7 nitrogen and oxygen atoms in total. The SMILES string of the molecule is Cc1ncc(-c2cc(C(F)(F)F)ccc2N2CCN(C(=O)Cn3ccc4c3N(C)CC=C4)C(C)C2)cn1. The number of hydrogen-bond donors (Lipinski definition) is 0. The van der Waals surface area contributed by atoms with E-state index in [0.717, 1.165) is 30.1 Å². The first-order valence-electron chi connectivity index (χ1n) is 12.2. The van der Waals surface area contributed by atoms with Crippen LogP contribution in [0.4, 0.5) is 24.7 Å². The topological polar surface area (TPSA) is 57.5 Å². The summed E-state index contributed by atoms with van der Waals surface area (Å²) in [5.41, 5.74) is 2.00. The molecule has 2 aliphatic heterocycles. The van der Waals surface area contributed by atoms with E-state index in [1.165, 1.54) is 6.07 Å². The van der Waals surface area contributed by atoms with Crippen LogP contribution in [-0.2, 0) is 17.5 Å². The Morgan fingerprint density at radius 1 is 1.14 bits per heavy atom. The van der Waals surface area contributed by atoms with Crippen molar-refractivity contribution in [1.29, 1.82) is 0 Å². The number of likely N-dealkylation sites (N-methyl/N-ethyl adjacent to an activating group) is 1. The molecule has 1 aromatic carbocycles. The zero-order valence-corrected chi connectivity index (χ0v) is 21.0. The Hall–Kier alpha value is -3.82. The van der Waals surface area contributed by atoms with Gasteiger partial charge in [0.25, 0.3) is 0 Å². The summed E-state index contributed by atoms with van der Waals surface area (Å²) < 4.78 is 42.5. The number of carbonyl (C=O) groups is 1. The van der Waals surface area contributed by atoms with E-state index >= 15 is 0 Å². The van der Waals surface area contributed by atoms with Gasteiger partial charge in [-0.2, -0.15) is 13.2 Å². The summed E-state index contributed by atoms with van der Waals surface area (Å²) in [7, 11) is 2.01. The average molecular weight is 511 g/mol. The Labute approximate surface area is 213 Å². The fraction of sp³-hybridized carbons (Fsp3) is 0.370. The van der Waals surface area contributed by atoms with Crippen LogP contribution in [0.1, 0.15) is 23.9 Å². The van der Waals surface area contributed by atoms with Crippen LogP contribution >= 0.6 is 0 Å². The van der Waals surface area contributed by atoms with E-state index in [-0.39, 0.29) is 18.5 Å². The van der Waals surface area contributed by atoms with Crippen LogP contribution in [0, 0.1) is 6.92 Å². The Balaban J connectivity index is 1.36. The fourth-order valence-corrected chi connectivity index (χ4v) is 5.14. The molecule has 1 atom stereocenters. The van der Waals surface area contributed by atoms with Crippen LogP contribution in [0.3, 0.4) is 0 Å². The van der Waals surface area contributed by atoms with Crippen molar-refractivity contribution in [2.75, 3.05) is 43.0 Å². The minimum Gasteiger partial charge on any atom is -0.367 e. The number of nitrogens with zero attached hydrogens (tertiary/aromatic N) is 6. The molecule has 4 heterocycles. The summed E-state index contributed by atoms with van der Waals surface area (Å²) in [6, 6.07) is 5.67. The first-order valence-corrected chi connectivity index (χ1v) is 12.2. The third-order valence-corrected chi connectivity index (χ3v) is 7.01. The number of hydrogen-bond acceptors (Lipinski definition) is 5. The largest absolute Gasteiger partial charge is 0.416 e. The molecule has 1 saturated heterocycles.